The van der Waals surface area contributed by atoms with Crippen LogP contribution in [-0.2, 0) is 19.1 Å². The fourth-order valence-electron chi connectivity index (χ4n) is 2.83. The molecule has 21 heavy (non-hydrogen) atoms. The predicted molar refractivity (Wildman–Crippen MR) is 75.3 cm³/mol. The summed E-state index contributed by atoms with van der Waals surface area (Å²) in [5, 5.41) is 3.18. The Bertz CT molecular complexity index is 520. The van der Waals surface area contributed by atoms with Crippen molar-refractivity contribution in [2.24, 2.45) is 5.41 Å². The quantitative estimate of drug-likeness (QED) is 0.841. The van der Waals surface area contributed by atoms with E-state index in [0.717, 1.165) is 5.56 Å². The van der Waals surface area contributed by atoms with E-state index in [1.54, 1.807) is 32.3 Å². The van der Waals surface area contributed by atoms with E-state index < -0.39 is 11.5 Å². The molecule has 114 valence electrons. The molecular formula is C15H20N2O4. The van der Waals surface area contributed by atoms with Crippen molar-refractivity contribution in [1.29, 1.82) is 0 Å². The number of carbonyl (C=O) groups is 2. The van der Waals surface area contributed by atoms with Gasteiger partial charge in [-0.15, -0.1) is 0 Å². The number of pyridine rings is 1. The molecule has 0 bridgehead atoms. The molecule has 0 aliphatic carbocycles. The van der Waals surface area contributed by atoms with Crippen molar-refractivity contribution in [2.45, 2.75) is 32.4 Å². The maximum absolute atomic E-state index is 12.2. The number of nitrogens with zero attached hydrogens (tertiary/aromatic N) is 1. The number of carbonyl (C=O) groups excluding carboxylic acids is 2. The zero-order valence-electron chi connectivity index (χ0n) is 12.5. The molecule has 0 amide bonds. The fraction of sp³-hybridized carbons (Fsp3) is 0.533. The summed E-state index contributed by atoms with van der Waals surface area (Å²) in [6.45, 7) is 3.86. The Hall–Kier alpha value is -1.95. The van der Waals surface area contributed by atoms with Gasteiger partial charge in [0, 0.05) is 12.4 Å². The molecule has 1 aromatic heterocycles. The molecule has 0 radical (unpaired) electrons. The molecule has 1 aliphatic heterocycles. The van der Waals surface area contributed by atoms with E-state index in [1.807, 2.05) is 6.07 Å². The van der Waals surface area contributed by atoms with Crippen LogP contribution >= 0.6 is 0 Å². The first-order valence-corrected chi connectivity index (χ1v) is 6.94. The highest BCUT2D eigenvalue weighted by Crippen LogP contribution is 2.44. The molecule has 3 atom stereocenters. The van der Waals surface area contributed by atoms with Crippen LogP contribution < -0.4 is 5.32 Å². The van der Waals surface area contributed by atoms with Crippen LogP contribution in [0.3, 0.4) is 0 Å². The number of hydrogen-bond acceptors (Lipinski definition) is 6. The molecule has 1 fully saturated rings. The van der Waals surface area contributed by atoms with Crippen molar-refractivity contribution in [3.05, 3.63) is 30.1 Å². The zero-order chi connectivity index (χ0) is 15.5. The molecule has 6 nitrogen and oxygen atoms in total. The third-order valence-electron chi connectivity index (χ3n) is 3.87. The Kier molecular flexibility index (Phi) is 4.57. The summed E-state index contributed by atoms with van der Waals surface area (Å²) in [5.74, 6) is -0.699. The number of hydrogen-bond donors (Lipinski definition) is 1. The first kappa shape index (κ1) is 15.4. The van der Waals surface area contributed by atoms with Gasteiger partial charge in [0.2, 0.25) is 0 Å². The van der Waals surface area contributed by atoms with Gasteiger partial charge in [0.1, 0.15) is 6.04 Å². The number of nitrogens with one attached hydrogen (secondary N) is 1. The zero-order valence-corrected chi connectivity index (χ0v) is 12.5. The van der Waals surface area contributed by atoms with Gasteiger partial charge in [-0.1, -0.05) is 6.07 Å². The normalized spacial score (nSPS) is 28.1. The van der Waals surface area contributed by atoms with Crippen molar-refractivity contribution in [2.75, 3.05) is 13.7 Å². The largest absolute Gasteiger partial charge is 0.469 e. The van der Waals surface area contributed by atoms with E-state index >= 15 is 0 Å². The highest BCUT2D eigenvalue weighted by molar-refractivity contribution is 5.83. The van der Waals surface area contributed by atoms with E-state index in [1.165, 1.54) is 7.11 Å². The molecule has 1 saturated heterocycles. The number of methoxy groups -OCH3 is 1. The van der Waals surface area contributed by atoms with Crippen LogP contribution in [0, 0.1) is 5.41 Å². The molecular weight excluding hydrogens is 272 g/mol. The van der Waals surface area contributed by atoms with Crippen molar-refractivity contribution in [3.63, 3.8) is 0 Å². The van der Waals surface area contributed by atoms with Gasteiger partial charge in [-0.3, -0.25) is 19.9 Å². The average Bonchev–Trinajstić information content (AvgIpc) is 2.87. The van der Waals surface area contributed by atoms with Crippen LogP contribution in [0.25, 0.3) is 0 Å². The smallest absolute Gasteiger partial charge is 0.323 e. The van der Waals surface area contributed by atoms with Gasteiger partial charge in [-0.25, -0.2) is 0 Å². The molecule has 1 N–H and O–H groups in total. The number of rotatable bonds is 4. The summed E-state index contributed by atoms with van der Waals surface area (Å²) in [6, 6.07) is 2.80. The third-order valence-corrected chi connectivity index (χ3v) is 3.87. The molecule has 2 rings (SSSR count). The fourth-order valence-corrected chi connectivity index (χ4v) is 2.83. The highest BCUT2D eigenvalue weighted by atomic mass is 16.5. The summed E-state index contributed by atoms with van der Waals surface area (Å²) < 4.78 is 9.97. The lowest BCUT2D eigenvalue weighted by Crippen LogP contribution is -2.36. The van der Waals surface area contributed by atoms with Gasteiger partial charge < -0.3 is 9.47 Å². The number of ether oxygens (including phenoxy) is 2. The van der Waals surface area contributed by atoms with Crippen LogP contribution in [0.4, 0.5) is 0 Å². The summed E-state index contributed by atoms with van der Waals surface area (Å²) >= 11 is 0. The molecule has 1 aromatic rings. The lowest BCUT2D eigenvalue weighted by atomic mass is 9.79. The maximum Gasteiger partial charge on any atom is 0.323 e. The minimum absolute atomic E-state index is 0.309. The lowest BCUT2D eigenvalue weighted by Gasteiger charge is -2.27. The predicted octanol–water partition coefficient (Wildman–Crippen LogP) is 1.23. The first-order chi connectivity index (χ1) is 10.0. The van der Waals surface area contributed by atoms with E-state index in [9.17, 15) is 9.59 Å². The van der Waals surface area contributed by atoms with Gasteiger partial charge in [0.15, 0.2) is 0 Å². The van der Waals surface area contributed by atoms with Gasteiger partial charge >= 0.3 is 11.9 Å². The van der Waals surface area contributed by atoms with Crippen LogP contribution in [0.2, 0.25) is 0 Å². The van der Waals surface area contributed by atoms with Crippen LogP contribution in [0.1, 0.15) is 31.9 Å². The molecule has 2 unspecified atom stereocenters. The van der Waals surface area contributed by atoms with Crippen molar-refractivity contribution < 1.29 is 19.1 Å². The third kappa shape index (κ3) is 2.90. The second-order valence-electron chi connectivity index (χ2n) is 5.30. The van der Waals surface area contributed by atoms with E-state index in [4.69, 9.17) is 9.47 Å². The molecule has 0 spiro atoms. The average molecular weight is 292 g/mol. The first-order valence-electron chi connectivity index (χ1n) is 6.94. The van der Waals surface area contributed by atoms with E-state index in [2.05, 4.69) is 10.3 Å². The van der Waals surface area contributed by atoms with Gasteiger partial charge in [-0.2, -0.15) is 0 Å². The lowest BCUT2D eigenvalue weighted by molar-refractivity contribution is -0.152. The van der Waals surface area contributed by atoms with E-state index in [-0.39, 0.29) is 18.0 Å². The molecule has 0 saturated carbocycles. The summed E-state index contributed by atoms with van der Waals surface area (Å²) in [5.41, 5.74) is 0.00654. The monoisotopic (exact) mass is 292 g/mol. The van der Waals surface area contributed by atoms with Gasteiger partial charge in [0.05, 0.1) is 25.2 Å². The van der Waals surface area contributed by atoms with Gasteiger partial charge in [0.25, 0.3) is 0 Å². The number of esters is 2. The Morgan fingerprint density at radius 3 is 2.86 bits per heavy atom. The number of aromatic nitrogens is 1. The van der Waals surface area contributed by atoms with Crippen LogP contribution in [-0.4, -0.2) is 36.7 Å². The minimum atomic E-state index is -0.838. The second-order valence-corrected chi connectivity index (χ2v) is 5.30. The summed E-state index contributed by atoms with van der Waals surface area (Å²) in [7, 11) is 1.35. The van der Waals surface area contributed by atoms with Crippen molar-refractivity contribution >= 4 is 11.9 Å². The Labute approximate surface area is 123 Å². The second kappa shape index (κ2) is 6.22. The van der Waals surface area contributed by atoms with Crippen LogP contribution in [0.5, 0.6) is 0 Å². The SMILES string of the molecule is CCOC(=O)C1C[C@](C)(C(=O)OC)C(c2cccnc2)N1. The van der Waals surface area contributed by atoms with E-state index in [0.29, 0.717) is 13.0 Å². The van der Waals surface area contributed by atoms with Crippen molar-refractivity contribution in [3.8, 4) is 0 Å². The Morgan fingerprint density at radius 1 is 1.52 bits per heavy atom. The van der Waals surface area contributed by atoms with Crippen LogP contribution in [0.15, 0.2) is 24.5 Å². The minimum Gasteiger partial charge on any atom is -0.469 e. The molecule has 6 heteroatoms. The standard InChI is InChI=1S/C15H20N2O4/c1-4-21-13(18)11-8-15(2,14(19)20-3)12(17-11)10-6-5-7-16-9-10/h5-7,9,11-12,17H,4,8H2,1-3H3/t11?,12?,15-/m0/s1. The van der Waals surface area contributed by atoms with Gasteiger partial charge in [-0.05, 0) is 31.9 Å². The Balaban J connectivity index is 2.31. The molecule has 1 aliphatic rings. The summed E-state index contributed by atoms with van der Waals surface area (Å²) in [6.07, 6.45) is 3.68. The van der Waals surface area contributed by atoms with Crippen molar-refractivity contribution in [1.82, 2.24) is 10.3 Å². The topological polar surface area (TPSA) is 77.5 Å². The highest BCUT2D eigenvalue weighted by Gasteiger charge is 2.52. The molecule has 2 heterocycles. The summed E-state index contributed by atoms with van der Waals surface area (Å²) in [4.78, 5) is 28.3. The maximum atomic E-state index is 12.2. The molecule has 0 aromatic carbocycles. The Morgan fingerprint density at radius 2 is 2.29 bits per heavy atom.